The van der Waals surface area contributed by atoms with Crippen LogP contribution >= 0.6 is 15.9 Å². The molecular formula is C11H8BrN3O2. The fraction of sp³-hybridized carbons (Fsp3) is 0.0909. The molecule has 2 N–H and O–H groups in total. The van der Waals surface area contributed by atoms with Crippen molar-refractivity contribution in [2.75, 3.05) is 0 Å². The van der Waals surface area contributed by atoms with Crippen LogP contribution in [-0.2, 0) is 6.54 Å². The van der Waals surface area contributed by atoms with E-state index in [1.807, 2.05) is 18.2 Å². The Morgan fingerprint density at radius 1 is 1.35 bits per heavy atom. The van der Waals surface area contributed by atoms with E-state index in [-0.39, 0.29) is 6.54 Å². The Kier molecular flexibility index (Phi) is 2.45. The number of rotatable bonds is 2. The Balaban J connectivity index is 2.23. The van der Waals surface area contributed by atoms with Crippen molar-refractivity contribution in [3.63, 3.8) is 0 Å². The Labute approximate surface area is 105 Å². The highest BCUT2D eigenvalue weighted by atomic mass is 79.9. The minimum Gasteiger partial charge on any atom is -0.462 e. The van der Waals surface area contributed by atoms with E-state index in [1.54, 1.807) is 6.26 Å². The third-order valence-electron chi connectivity index (χ3n) is 2.44. The largest absolute Gasteiger partial charge is 0.462 e. The van der Waals surface area contributed by atoms with E-state index in [0.29, 0.717) is 11.7 Å². The number of furan rings is 1. The van der Waals surface area contributed by atoms with Crippen LogP contribution in [0.5, 0.6) is 0 Å². The van der Waals surface area contributed by atoms with Gasteiger partial charge in [-0.2, -0.15) is 4.98 Å². The molecule has 2 heterocycles. The van der Waals surface area contributed by atoms with Gasteiger partial charge < -0.3 is 14.7 Å². The van der Waals surface area contributed by atoms with Gasteiger partial charge in [-0.3, -0.25) is 0 Å². The van der Waals surface area contributed by atoms with Gasteiger partial charge in [-0.25, -0.2) is 0 Å². The highest BCUT2D eigenvalue weighted by molar-refractivity contribution is 9.10. The van der Waals surface area contributed by atoms with Crippen LogP contribution in [0.15, 0.2) is 37.9 Å². The lowest BCUT2D eigenvalue weighted by Crippen LogP contribution is -1.95. The summed E-state index contributed by atoms with van der Waals surface area (Å²) >= 11 is 3.41. The minimum atomic E-state index is 0.227. The predicted octanol–water partition coefficient (Wildman–Crippen LogP) is 2.70. The third-order valence-corrected chi connectivity index (χ3v) is 3.05. The summed E-state index contributed by atoms with van der Waals surface area (Å²) in [6, 6.07) is 5.75. The standard InChI is InChI=1S/C11H8BrN3O2/c12-8-5-16-10-6(8)2-1-3-7(10)11-14-9(4-13)17-15-11/h1-3,5H,4,13H2. The molecule has 0 fully saturated rings. The summed E-state index contributed by atoms with van der Waals surface area (Å²) in [4.78, 5) is 4.18. The average Bonchev–Trinajstić information content (AvgIpc) is 2.96. The van der Waals surface area contributed by atoms with Gasteiger partial charge in [-0.15, -0.1) is 0 Å². The lowest BCUT2D eigenvalue weighted by Gasteiger charge is -1.95. The van der Waals surface area contributed by atoms with Crippen molar-refractivity contribution in [3.8, 4) is 11.4 Å². The van der Waals surface area contributed by atoms with E-state index in [1.165, 1.54) is 0 Å². The molecule has 86 valence electrons. The summed E-state index contributed by atoms with van der Waals surface area (Å²) in [5.74, 6) is 0.889. The van der Waals surface area contributed by atoms with Gasteiger partial charge >= 0.3 is 0 Å². The Morgan fingerprint density at radius 3 is 3.00 bits per heavy atom. The first-order valence-corrected chi connectivity index (χ1v) is 5.77. The number of nitrogens with two attached hydrogens (primary N) is 1. The quantitative estimate of drug-likeness (QED) is 0.786. The summed E-state index contributed by atoms with van der Waals surface area (Å²) in [5, 5.41) is 4.85. The zero-order valence-corrected chi connectivity index (χ0v) is 10.3. The molecule has 2 aromatic heterocycles. The molecule has 0 aliphatic heterocycles. The average molecular weight is 294 g/mol. The normalized spacial score (nSPS) is 11.2. The van der Waals surface area contributed by atoms with E-state index in [0.717, 1.165) is 21.0 Å². The number of para-hydroxylation sites is 1. The number of halogens is 1. The summed E-state index contributed by atoms with van der Waals surface area (Å²) in [6.07, 6.45) is 1.64. The van der Waals surface area contributed by atoms with Gasteiger partial charge in [-0.05, 0) is 28.1 Å². The number of fused-ring (bicyclic) bond motifs is 1. The molecule has 0 saturated carbocycles. The Morgan fingerprint density at radius 2 is 2.24 bits per heavy atom. The van der Waals surface area contributed by atoms with Crippen LogP contribution in [0.3, 0.4) is 0 Å². The van der Waals surface area contributed by atoms with Gasteiger partial charge in [0.1, 0.15) is 11.8 Å². The van der Waals surface area contributed by atoms with Gasteiger partial charge in [-0.1, -0.05) is 11.2 Å². The van der Waals surface area contributed by atoms with Crippen molar-refractivity contribution < 1.29 is 8.94 Å². The van der Waals surface area contributed by atoms with Gasteiger partial charge in [0, 0.05) is 5.39 Å². The first-order valence-electron chi connectivity index (χ1n) is 4.98. The predicted molar refractivity (Wildman–Crippen MR) is 65.1 cm³/mol. The molecule has 5 nitrogen and oxygen atoms in total. The molecule has 0 amide bonds. The van der Waals surface area contributed by atoms with E-state index in [2.05, 4.69) is 26.1 Å². The van der Waals surface area contributed by atoms with Crippen molar-refractivity contribution in [2.24, 2.45) is 5.73 Å². The zero-order chi connectivity index (χ0) is 11.8. The van der Waals surface area contributed by atoms with Crippen LogP contribution in [0.1, 0.15) is 5.89 Å². The minimum absolute atomic E-state index is 0.227. The molecule has 0 aliphatic carbocycles. The second-order valence-corrected chi connectivity index (χ2v) is 4.34. The molecule has 0 radical (unpaired) electrons. The molecule has 0 aliphatic rings. The topological polar surface area (TPSA) is 78.1 Å². The molecule has 0 unspecified atom stereocenters. The molecule has 17 heavy (non-hydrogen) atoms. The fourth-order valence-corrected chi connectivity index (χ4v) is 2.06. The van der Waals surface area contributed by atoms with Crippen LogP contribution in [0, 0.1) is 0 Å². The second-order valence-electron chi connectivity index (χ2n) is 3.48. The van der Waals surface area contributed by atoms with Crippen molar-refractivity contribution >= 4 is 26.9 Å². The molecule has 1 aromatic carbocycles. The maximum absolute atomic E-state index is 5.48. The van der Waals surface area contributed by atoms with E-state index in [4.69, 9.17) is 14.7 Å². The highest BCUT2D eigenvalue weighted by Crippen LogP contribution is 2.32. The Bertz CT molecular complexity index is 674. The van der Waals surface area contributed by atoms with E-state index >= 15 is 0 Å². The number of aromatic nitrogens is 2. The third kappa shape index (κ3) is 1.65. The first kappa shape index (κ1) is 10.5. The van der Waals surface area contributed by atoms with Crippen LogP contribution < -0.4 is 5.73 Å². The first-order chi connectivity index (χ1) is 8.29. The van der Waals surface area contributed by atoms with Gasteiger partial charge in [0.25, 0.3) is 0 Å². The zero-order valence-electron chi connectivity index (χ0n) is 8.68. The summed E-state index contributed by atoms with van der Waals surface area (Å²) < 4.78 is 11.4. The smallest absolute Gasteiger partial charge is 0.240 e. The van der Waals surface area contributed by atoms with Gasteiger partial charge in [0.15, 0.2) is 0 Å². The number of hydrogen-bond acceptors (Lipinski definition) is 5. The molecule has 3 aromatic rings. The van der Waals surface area contributed by atoms with Crippen molar-refractivity contribution in [1.82, 2.24) is 10.1 Å². The summed E-state index contributed by atoms with van der Waals surface area (Å²) in [5.41, 5.74) is 6.95. The Hall–Kier alpha value is -1.66. The SMILES string of the molecule is NCc1nc(-c2cccc3c(Br)coc23)no1. The van der Waals surface area contributed by atoms with Crippen LogP contribution in [-0.4, -0.2) is 10.1 Å². The van der Waals surface area contributed by atoms with Crippen molar-refractivity contribution in [3.05, 3.63) is 34.8 Å². The lowest BCUT2D eigenvalue weighted by atomic mass is 10.1. The maximum Gasteiger partial charge on any atom is 0.240 e. The molecule has 6 heteroatoms. The van der Waals surface area contributed by atoms with E-state index < -0.39 is 0 Å². The van der Waals surface area contributed by atoms with Crippen molar-refractivity contribution in [2.45, 2.75) is 6.54 Å². The maximum atomic E-state index is 5.48. The monoisotopic (exact) mass is 293 g/mol. The summed E-state index contributed by atoms with van der Waals surface area (Å²) in [6.45, 7) is 0.227. The van der Waals surface area contributed by atoms with Crippen LogP contribution in [0.4, 0.5) is 0 Å². The summed E-state index contributed by atoms with van der Waals surface area (Å²) in [7, 11) is 0. The van der Waals surface area contributed by atoms with Gasteiger partial charge in [0.2, 0.25) is 11.7 Å². The fourth-order valence-electron chi connectivity index (χ4n) is 1.65. The van der Waals surface area contributed by atoms with Crippen LogP contribution in [0.25, 0.3) is 22.4 Å². The number of benzene rings is 1. The highest BCUT2D eigenvalue weighted by Gasteiger charge is 2.14. The molecule has 0 bridgehead atoms. The molecule has 3 rings (SSSR count). The molecular weight excluding hydrogens is 286 g/mol. The molecule has 0 spiro atoms. The molecule has 0 saturated heterocycles. The van der Waals surface area contributed by atoms with E-state index in [9.17, 15) is 0 Å². The van der Waals surface area contributed by atoms with Crippen molar-refractivity contribution in [1.29, 1.82) is 0 Å². The van der Waals surface area contributed by atoms with Gasteiger partial charge in [0.05, 0.1) is 16.6 Å². The molecule has 0 atom stereocenters. The van der Waals surface area contributed by atoms with Crippen LogP contribution in [0.2, 0.25) is 0 Å². The number of hydrogen-bond donors (Lipinski definition) is 1. The second kappa shape index (κ2) is 3.97. The number of nitrogens with zero attached hydrogens (tertiary/aromatic N) is 2. The lowest BCUT2D eigenvalue weighted by molar-refractivity contribution is 0.380.